The second-order valence-corrected chi connectivity index (χ2v) is 4.93. The van der Waals surface area contributed by atoms with Crippen molar-refractivity contribution in [1.82, 2.24) is 4.98 Å². The first-order valence-corrected chi connectivity index (χ1v) is 6.40. The molecule has 0 radical (unpaired) electrons. The van der Waals surface area contributed by atoms with Gasteiger partial charge in [-0.25, -0.2) is 4.98 Å². The van der Waals surface area contributed by atoms with E-state index in [1.165, 1.54) is 17.4 Å². The third-order valence-corrected chi connectivity index (χ3v) is 3.55. The second kappa shape index (κ2) is 5.24. The number of thiazole rings is 1. The Kier molecular flexibility index (Phi) is 3.70. The minimum atomic E-state index is -0.399. The van der Waals surface area contributed by atoms with Crippen LogP contribution >= 0.6 is 27.3 Å². The first-order chi connectivity index (χ1) is 8.15. The van der Waals surface area contributed by atoms with Gasteiger partial charge >= 0.3 is 0 Å². The zero-order chi connectivity index (χ0) is 12.3. The standard InChI is InChI=1S/C10H8BrN3O2S/c11-9-6-17-10(13-9)12-5-7-2-1-3-8(4-7)14(15)16/h1-4,6H,5H2,(H,12,13). The number of nitrogens with one attached hydrogen (secondary N) is 1. The number of non-ortho nitro benzene ring substituents is 1. The number of aromatic nitrogens is 1. The normalized spacial score (nSPS) is 10.2. The summed E-state index contributed by atoms with van der Waals surface area (Å²) in [5.74, 6) is 0. The Hall–Kier alpha value is -1.47. The zero-order valence-corrected chi connectivity index (χ0v) is 11.0. The van der Waals surface area contributed by atoms with E-state index in [1.54, 1.807) is 12.1 Å². The Morgan fingerprint density at radius 2 is 2.35 bits per heavy atom. The molecule has 1 aromatic heterocycles. The summed E-state index contributed by atoms with van der Waals surface area (Å²) in [4.78, 5) is 14.4. The molecular weight excluding hydrogens is 306 g/mol. The lowest BCUT2D eigenvalue weighted by Crippen LogP contribution is -1.99. The van der Waals surface area contributed by atoms with E-state index in [-0.39, 0.29) is 5.69 Å². The third kappa shape index (κ3) is 3.24. The largest absolute Gasteiger partial charge is 0.357 e. The molecule has 1 N–H and O–H groups in total. The Morgan fingerprint density at radius 3 is 3.00 bits per heavy atom. The van der Waals surface area contributed by atoms with E-state index in [1.807, 2.05) is 11.4 Å². The third-order valence-electron chi connectivity index (χ3n) is 2.04. The maximum Gasteiger partial charge on any atom is 0.269 e. The van der Waals surface area contributed by atoms with Crippen molar-refractivity contribution in [3.8, 4) is 0 Å². The lowest BCUT2D eigenvalue weighted by molar-refractivity contribution is -0.384. The minimum absolute atomic E-state index is 0.101. The van der Waals surface area contributed by atoms with E-state index in [4.69, 9.17) is 0 Å². The van der Waals surface area contributed by atoms with Gasteiger partial charge in [-0.05, 0) is 21.5 Å². The Labute approximate surface area is 110 Å². The summed E-state index contributed by atoms with van der Waals surface area (Å²) in [7, 11) is 0. The molecule has 2 rings (SSSR count). The van der Waals surface area contributed by atoms with Crippen LogP contribution in [0.2, 0.25) is 0 Å². The van der Waals surface area contributed by atoms with Crippen LogP contribution in [-0.4, -0.2) is 9.91 Å². The van der Waals surface area contributed by atoms with Gasteiger partial charge in [0, 0.05) is 24.1 Å². The van der Waals surface area contributed by atoms with Gasteiger partial charge in [0.05, 0.1) is 4.92 Å². The maximum atomic E-state index is 10.6. The number of halogens is 1. The van der Waals surface area contributed by atoms with Gasteiger partial charge in [-0.1, -0.05) is 12.1 Å². The second-order valence-electron chi connectivity index (χ2n) is 3.26. The van der Waals surface area contributed by atoms with Crippen LogP contribution in [0.25, 0.3) is 0 Å². The molecule has 88 valence electrons. The van der Waals surface area contributed by atoms with Gasteiger partial charge in [0.15, 0.2) is 5.13 Å². The van der Waals surface area contributed by atoms with Crippen LogP contribution < -0.4 is 5.32 Å². The van der Waals surface area contributed by atoms with Crippen molar-refractivity contribution in [3.63, 3.8) is 0 Å². The number of hydrogen-bond acceptors (Lipinski definition) is 5. The highest BCUT2D eigenvalue weighted by atomic mass is 79.9. The molecule has 5 nitrogen and oxygen atoms in total. The van der Waals surface area contributed by atoms with Crippen molar-refractivity contribution in [3.05, 3.63) is 49.9 Å². The number of rotatable bonds is 4. The lowest BCUT2D eigenvalue weighted by atomic mass is 10.2. The molecule has 0 unspecified atom stereocenters. The predicted molar refractivity (Wildman–Crippen MR) is 70.2 cm³/mol. The number of nitro groups is 1. The fourth-order valence-corrected chi connectivity index (χ4v) is 2.44. The quantitative estimate of drug-likeness (QED) is 0.693. The summed E-state index contributed by atoms with van der Waals surface area (Å²) in [6.45, 7) is 0.516. The first-order valence-electron chi connectivity index (χ1n) is 4.73. The molecule has 0 aliphatic carbocycles. The summed E-state index contributed by atoms with van der Waals surface area (Å²) >= 11 is 4.74. The van der Waals surface area contributed by atoms with E-state index in [0.29, 0.717) is 6.54 Å². The van der Waals surface area contributed by atoms with E-state index in [0.717, 1.165) is 15.3 Å². The molecule has 0 aliphatic heterocycles. The number of hydrogen-bond donors (Lipinski definition) is 1. The Balaban J connectivity index is 2.04. The average Bonchev–Trinajstić information content (AvgIpc) is 2.73. The average molecular weight is 314 g/mol. The van der Waals surface area contributed by atoms with Crippen LogP contribution in [0.3, 0.4) is 0 Å². The van der Waals surface area contributed by atoms with E-state index < -0.39 is 4.92 Å². The smallest absolute Gasteiger partial charge is 0.269 e. The number of nitro benzene ring substituents is 1. The molecule has 7 heteroatoms. The van der Waals surface area contributed by atoms with Crippen LogP contribution in [0, 0.1) is 10.1 Å². The molecule has 1 aromatic carbocycles. The van der Waals surface area contributed by atoms with E-state index >= 15 is 0 Å². The van der Waals surface area contributed by atoms with Gasteiger partial charge in [-0.3, -0.25) is 10.1 Å². The highest BCUT2D eigenvalue weighted by Gasteiger charge is 2.05. The molecule has 0 spiro atoms. The van der Waals surface area contributed by atoms with Crippen molar-refractivity contribution in [1.29, 1.82) is 0 Å². The molecule has 2 aromatic rings. The summed E-state index contributed by atoms with van der Waals surface area (Å²) < 4.78 is 0.782. The van der Waals surface area contributed by atoms with E-state index in [2.05, 4.69) is 26.2 Å². The number of benzene rings is 1. The number of anilines is 1. The topological polar surface area (TPSA) is 68.1 Å². The summed E-state index contributed by atoms with van der Waals surface area (Å²) in [6, 6.07) is 6.54. The minimum Gasteiger partial charge on any atom is -0.357 e. The molecule has 0 bridgehead atoms. The van der Waals surface area contributed by atoms with Gasteiger partial charge in [0.1, 0.15) is 4.60 Å². The predicted octanol–water partition coefficient (Wildman–Crippen LogP) is 3.43. The van der Waals surface area contributed by atoms with Crippen molar-refractivity contribution in [2.45, 2.75) is 6.54 Å². The van der Waals surface area contributed by atoms with Gasteiger partial charge in [-0.2, -0.15) is 0 Å². The van der Waals surface area contributed by atoms with Crippen LogP contribution in [0.15, 0.2) is 34.2 Å². The fraction of sp³-hybridized carbons (Fsp3) is 0.100. The Bertz CT molecular complexity index is 544. The number of nitrogens with zero attached hydrogens (tertiary/aromatic N) is 2. The fourth-order valence-electron chi connectivity index (χ4n) is 1.29. The lowest BCUT2D eigenvalue weighted by Gasteiger charge is -2.02. The molecule has 1 heterocycles. The Morgan fingerprint density at radius 1 is 1.53 bits per heavy atom. The summed E-state index contributed by atoms with van der Waals surface area (Å²) in [5.41, 5.74) is 0.954. The highest BCUT2D eigenvalue weighted by Crippen LogP contribution is 2.20. The SMILES string of the molecule is O=[N+]([O-])c1cccc(CNc2nc(Br)cs2)c1. The molecule has 0 fully saturated rings. The van der Waals surface area contributed by atoms with Crippen molar-refractivity contribution in [2.24, 2.45) is 0 Å². The molecule has 0 saturated heterocycles. The summed E-state index contributed by atoms with van der Waals surface area (Å²) in [6.07, 6.45) is 0. The molecule has 0 aliphatic rings. The monoisotopic (exact) mass is 313 g/mol. The summed E-state index contributed by atoms with van der Waals surface area (Å²) in [5, 5.41) is 16.4. The van der Waals surface area contributed by atoms with Crippen molar-refractivity contribution >= 4 is 38.1 Å². The van der Waals surface area contributed by atoms with Gasteiger partial charge in [0.2, 0.25) is 0 Å². The van der Waals surface area contributed by atoms with Crippen LogP contribution in [0.1, 0.15) is 5.56 Å². The molecule has 17 heavy (non-hydrogen) atoms. The van der Waals surface area contributed by atoms with Crippen LogP contribution in [-0.2, 0) is 6.54 Å². The van der Waals surface area contributed by atoms with Gasteiger partial charge < -0.3 is 5.32 Å². The first kappa shape index (κ1) is 12.0. The zero-order valence-electron chi connectivity index (χ0n) is 8.59. The molecule has 0 atom stereocenters. The van der Waals surface area contributed by atoms with Crippen LogP contribution in [0.5, 0.6) is 0 Å². The van der Waals surface area contributed by atoms with E-state index in [9.17, 15) is 10.1 Å². The van der Waals surface area contributed by atoms with Gasteiger partial charge in [-0.15, -0.1) is 11.3 Å². The molecule has 0 amide bonds. The molecule has 0 saturated carbocycles. The van der Waals surface area contributed by atoms with Gasteiger partial charge in [0.25, 0.3) is 5.69 Å². The highest BCUT2D eigenvalue weighted by molar-refractivity contribution is 9.10. The van der Waals surface area contributed by atoms with Crippen molar-refractivity contribution in [2.75, 3.05) is 5.32 Å². The molecular formula is C10H8BrN3O2S. The van der Waals surface area contributed by atoms with Crippen LogP contribution in [0.4, 0.5) is 10.8 Å². The van der Waals surface area contributed by atoms with Crippen molar-refractivity contribution < 1.29 is 4.92 Å². The maximum absolute atomic E-state index is 10.6.